The van der Waals surface area contributed by atoms with E-state index < -0.39 is 0 Å². The topological polar surface area (TPSA) is 29.1 Å². The van der Waals surface area contributed by atoms with E-state index >= 15 is 0 Å². The van der Waals surface area contributed by atoms with Crippen molar-refractivity contribution in [2.24, 2.45) is 11.8 Å². The highest BCUT2D eigenvalue weighted by molar-refractivity contribution is 9.09. The zero-order chi connectivity index (χ0) is 10.1. The number of carbonyl (C=O) groups is 1. The van der Waals surface area contributed by atoms with Gasteiger partial charge in [-0.1, -0.05) is 15.9 Å². The second-order valence-electron chi connectivity index (χ2n) is 4.33. The van der Waals surface area contributed by atoms with E-state index in [4.69, 9.17) is 11.6 Å². The fourth-order valence-electron chi connectivity index (χ4n) is 2.60. The maximum absolute atomic E-state index is 10.8. The van der Waals surface area contributed by atoms with Crippen molar-refractivity contribution in [1.29, 1.82) is 0 Å². The molecule has 1 N–H and O–H groups in total. The van der Waals surface area contributed by atoms with E-state index in [1.54, 1.807) is 0 Å². The van der Waals surface area contributed by atoms with Crippen molar-refractivity contribution in [2.75, 3.05) is 6.54 Å². The van der Waals surface area contributed by atoms with Crippen LogP contribution in [0.15, 0.2) is 0 Å². The number of piperidine rings is 1. The molecule has 14 heavy (non-hydrogen) atoms. The van der Waals surface area contributed by atoms with Crippen LogP contribution in [0.25, 0.3) is 0 Å². The van der Waals surface area contributed by atoms with Crippen LogP contribution in [0.3, 0.4) is 0 Å². The fourth-order valence-corrected chi connectivity index (χ4v) is 3.72. The molecule has 80 valence electrons. The number of nitrogens with one attached hydrogen (secondary N) is 1. The van der Waals surface area contributed by atoms with Crippen LogP contribution in [0.2, 0.25) is 0 Å². The molecule has 1 heterocycles. The smallest absolute Gasteiger partial charge is 0.125 e. The second kappa shape index (κ2) is 4.50. The lowest BCUT2D eigenvalue weighted by Crippen LogP contribution is -2.54. The predicted molar refractivity (Wildman–Crippen MR) is 61.0 cm³/mol. The Morgan fingerprint density at radius 3 is 2.93 bits per heavy atom. The standard InChI is InChI=1S/C10H15BrClNO/c11-7-1-2-9-8(3-7)10(12)6(5-14)4-13-9/h5-10,13H,1-4H2. The summed E-state index contributed by atoms with van der Waals surface area (Å²) in [7, 11) is 0. The molecule has 5 unspecified atom stereocenters. The van der Waals surface area contributed by atoms with Crippen LogP contribution in [0.5, 0.6) is 0 Å². The van der Waals surface area contributed by atoms with Gasteiger partial charge in [0.2, 0.25) is 0 Å². The normalized spacial score (nSPS) is 48.3. The molecule has 0 aromatic carbocycles. The maximum Gasteiger partial charge on any atom is 0.125 e. The van der Waals surface area contributed by atoms with Crippen LogP contribution in [-0.4, -0.2) is 29.1 Å². The summed E-state index contributed by atoms with van der Waals surface area (Å²) in [5.74, 6) is 0.453. The molecule has 0 radical (unpaired) electrons. The van der Waals surface area contributed by atoms with Crippen molar-refractivity contribution in [2.45, 2.75) is 35.5 Å². The zero-order valence-corrected chi connectivity index (χ0v) is 10.3. The number of hydrogen-bond donors (Lipinski definition) is 1. The summed E-state index contributed by atoms with van der Waals surface area (Å²) >= 11 is 9.97. The molecular formula is C10H15BrClNO. The van der Waals surface area contributed by atoms with Gasteiger partial charge >= 0.3 is 0 Å². The molecule has 1 aliphatic heterocycles. The molecule has 1 saturated carbocycles. The van der Waals surface area contributed by atoms with Gasteiger partial charge < -0.3 is 10.1 Å². The molecule has 2 nitrogen and oxygen atoms in total. The van der Waals surface area contributed by atoms with Gasteiger partial charge in [0.25, 0.3) is 0 Å². The van der Waals surface area contributed by atoms with Gasteiger partial charge in [0.1, 0.15) is 6.29 Å². The first-order valence-corrected chi connectivity index (χ1v) is 6.54. The number of alkyl halides is 2. The minimum Gasteiger partial charge on any atom is -0.313 e. The highest BCUT2D eigenvalue weighted by Crippen LogP contribution is 2.38. The maximum atomic E-state index is 10.8. The lowest BCUT2D eigenvalue weighted by molar-refractivity contribution is -0.112. The van der Waals surface area contributed by atoms with Gasteiger partial charge in [-0.3, -0.25) is 0 Å². The fraction of sp³-hybridized carbons (Fsp3) is 0.900. The van der Waals surface area contributed by atoms with Gasteiger partial charge in [0.15, 0.2) is 0 Å². The van der Waals surface area contributed by atoms with Crippen LogP contribution < -0.4 is 5.32 Å². The molecule has 0 aromatic rings. The Balaban J connectivity index is 2.06. The Kier molecular flexibility index (Phi) is 3.50. The largest absolute Gasteiger partial charge is 0.313 e. The molecule has 0 spiro atoms. The van der Waals surface area contributed by atoms with Crippen LogP contribution in [0.1, 0.15) is 19.3 Å². The molecule has 2 fully saturated rings. The second-order valence-corrected chi connectivity index (χ2v) is 6.13. The van der Waals surface area contributed by atoms with E-state index in [1.807, 2.05) is 0 Å². The number of halogens is 2. The molecule has 4 heteroatoms. The first-order chi connectivity index (χ1) is 6.72. The van der Waals surface area contributed by atoms with Crippen molar-refractivity contribution >= 4 is 33.8 Å². The van der Waals surface area contributed by atoms with Crippen LogP contribution in [0, 0.1) is 11.8 Å². The third kappa shape index (κ3) is 2.00. The quantitative estimate of drug-likeness (QED) is 0.587. The molecule has 1 aliphatic carbocycles. The molecule has 5 atom stereocenters. The van der Waals surface area contributed by atoms with Crippen molar-refractivity contribution in [1.82, 2.24) is 5.32 Å². The van der Waals surface area contributed by atoms with E-state index in [1.165, 1.54) is 12.8 Å². The Labute approximate surface area is 97.9 Å². The molecule has 0 amide bonds. The average Bonchev–Trinajstić information content (AvgIpc) is 2.20. The van der Waals surface area contributed by atoms with Gasteiger partial charge in [-0.05, 0) is 25.2 Å². The number of rotatable bonds is 1. The summed E-state index contributed by atoms with van der Waals surface area (Å²) in [4.78, 5) is 11.4. The predicted octanol–water partition coefficient (Wildman–Crippen LogP) is 1.94. The Hall–Kier alpha value is 0.400. The van der Waals surface area contributed by atoms with Crippen LogP contribution in [-0.2, 0) is 4.79 Å². The monoisotopic (exact) mass is 279 g/mol. The third-order valence-corrected chi connectivity index (χ3v) is 4.92. The molecule has 1 saturated heterocycles. The number of fused-ring (bicyclic) bond motifs is 1. The lowest BCUT2D eigenvalue weighted by atomic mass is 9.76. The van der Waals surface area contributed by atoms with Gasteiger partial charge in [-0.2, -0.15) is 0 Å². The Bertz CT molecular complexity index is 226. The summed E-state index contributed by atoms with van der Waals surface area (Å²) in [6, 6.07) is 0.530. The van der Waals surface area contributed by atoms with Crippen molar-refractivity contribution in [3.63, 3.8) is 0 Å². The SMILES string of the molecule is O=CC1CNC2CCC(Br)CC2C1Cl. The van der Waals surface area contributed by atoms with E-state index in [-0.39, 0.29) is 11.3 Å². The summed E-state index contributed by atoms with van der Waals surface area (Å²) in [6.07, 6.45) is 4.48. The number of hydrogen-bond acceptors (Lipinski definition) is 2. The first-order valence-electron chi connectivity index (χ1n) is 5.19. The van der Waals surface area contributed by atoms with Crippen LogP contribution >= 0.6 is 27.5 Å². The van der Waals surface area contributed by atoms with Crippen LogP contribution in [0.4, 0.5) is 0 Å². The van der Waals surface area contributed by atoms with E-state index in [0.717, 1.165) is 19.3 Å². The highest BCUT2D eigenvalue weighted by Gasteiger charge is 2.41. The lowest BCUT2D eigenvalue weighted by Gasteiger charge is -2.43. The van der Waals surface area contributed by atoms with Crippen molar-refractivity contribution in [3.05, 3.63) is 0 Å². The Morgan fingerprint density at radius 2 is 2.21 bits per heavy atom. The minimum atomic E-state index is -0.00397. The Morgan fingerprint density at radius 1 is 1.43 bits per heavy atom. The molecule has 0 aromatic heterocycles. The van der Waals surface area contributed by atoms with E-state index in [0.29, 0.717) is 16.8 Å². The summed E-state index contributed by atoms with van der Waals surface area (Å²) in [6.45, 7) is 0.756. The molecular weight excluding hydrogens is 265 g/mol. The van der Waals surface area contributed by atoms with E-state index in [9.17, 15) is 4.79 Å². The van der Waals surface area contributed by atoms with Crippen molar-refractivity contribution in [3.8, 4) is 0 Å². The van der Waals surface area contributed by atoms with Gasteiger partial charge in [-0.15, -0.1) is 11.6 Å². The van der Waals surface area contributed by atoms with Gasteiger partial charge in [-0.25, -0.2) is 0 Å². The molecule has 2 rings (SSSR count). The summed E-state index contributed by atoms with van der Waals surface area (Å²) in [5.41, 5.74) is 0. The first kappa shape index (κ1) is 10.9. The number of aldehydes is 1. The zero-order valence-electron chi connectivity index (χ0n) is 7.96. The van der Waals surface area contributed by atoms with Gasteiger partial charge in [0, 0.05) is 28.7 Å². The average molecular weight is 281 g/mol. The molecule has 2 aliphatic rings. The third-order valence-electron chi connectivity index (χ3n) is 3.44. The number of carbonyl (C=O) groups excluding carboxylic acids is 1. The minimum absolute atomic E-state index is 0.00397. The highest BCUT2D eigenvalue weighted by atomic mass is 79.9. The summed E-state index contributed by atoms with van der Waals surface area (Å²) in [5, 5.41) is 3.46. The van der Waals surface area contributed by atoms with Gasteiger partial charge in [0.05, 0.1) is 0 Å². The van der Waals surface area contributed by atoms with E-state index in [2.05, 4.69) is 21.2 Å². The van der Waals surface area contributed by atoms with Crippen molar-refractivity contribution < 1.29 is 4.79 Å². The summed E-state index contributed by atoms with van der Waals surface area (Å²) < 4.78 is 0. The molecule has 0 bridgehead atoms.